The van der Waals surface area contributed by atoms with Crippen LogP contribution in [0, 0.1) is 13.8 Å². The van der Waals surface area contributed by atoms with E-state index in [1.54, 1.807) is 11.3 Å². The van der Waals surface area contributed by atoms with Crippen LogP contribution < -0.4 is 10.6 Å². The molecule has 27 heavy (non-hydrogen) atoms. The maximum atomic E-state index is 4.84. The Balaban J connectivity index is 0.00000261. The molecule has 0 radical (unpaired) electrons. The van der Waals surface area contributed by atoms with E-state index in [4.69, 9.17) is 4.99 Å². The van der Waals surface area contributed by atoms with Crippen LogP contribution in [0.1, 0.15) is 67.4 Å². The SMILES string of the molecule is CCNC(=NCc1sc(C)nc1C)NC1CCCN(C2CCCCC2)C1.I. The summed E-state index contributed by atoms with van der Waals surface area (Å²) in [5, 5.41) is 8.26. The number of thiazole rings is 1. The summed E-state index contributed by atoms with van der Waals surface area (Å²) in [6.07, 6.45) is 9.58. The lowest BCUT2D eigenvalue weighted by molar-refractivity contribution is 0.115. The third kappa shape index (κ3) is 6.85. The van der Waals surface area contributed by atoms with Crippen molar-refractivity contribution in [2.24, 2.45) is 4.99 Å². The van der Waals surface area contributed by atoms with Gasteiger partial charge < -0.3 is 10.6 Å². The van der Waals surface area contributed by atoms with Gasteiger partial charge >= 0.3 is 0 Å². The molecule has 0 spiro atoms. The third-order valence-corrected chi connectivity index (χ3v) is 6.67. The predicted octanol–water partition coefficient (Wildman–Crippen LogP) is 4.23. The van der Waals surface area contributed by atoms with E-state index in [1.165, 1.54) is 56.4 Å². The minimum Gasteiger partial charge on any atom is -0.357 e. The van der Waals surface area contributed by atoms with Gasteiger partial charge in [-0.15, -0.1) is 35.3 Å². The lowest BCUT2D eigenvalue weighted by atomic mass is 9.92. The molecule has 1 aliphatic heterocycles. The molecule has 154 valence electrons. The van der Waals surface area contributed by atoms with E-state index in [0.29, 0.717) is 12.6 Å². The highest BCUT2D eigenvalue weighted by molar-refractivity contribution is 14.0. The van der Waals surface area contributed by atoms with Crippen LogP contribution in [0.3, 0.4) is 0 Å². The molecule has 2 aliphatic rings. The number of nitrogens with zero attached hydrogens (tertiary/aromatic N) is 3. The largest absolute Gasteiger partial charge is 0.357 e. The van der Waals surface area contributed by atoms with Gasteiger partial charge in [-0.2, -0.15) is 0 Å². The van der Waals surface area contributed by atoms with Crippen LogP contribution in [-0.2, 0) is 6.54 Å². The van der Waals surface area contributed by atoms with E-state index >= 15 is 0 Å². The van der Waals surface area contributed by atoms with Gasteiger partial charge in [0.1, 0.15) is 0 Å². The summed E-state index contributed by atoms with van der Waals surface area (Å²) in [5.41, 5.74) is 1.12. The van der Waals surface area contributed by atoms with Crippen molar-refractivity contribution in [1.29, 1.82) is 0 Å². The molecule has 0 bridgehead atoms. The van der Waals surface area contributed by atoms with Crippen LogP contribution in [0.25, 0.3) is 0 Å². The van der Waals surface area contributed by atoms with Crippen molar-refractivity contribution in [2.45, 2.75) is 84.3 Å². The second kappa shape index (κ2) is 11.6. The van der Waals surface area contributed by atoms with Gasteiger partial charge in [0.2, 0.25) is 0 Å². The number of aliphatic imine (C=N–C) groups is 1. The number of likely N-dealkylation sites (tertiary alicyclic amines) is 1. The van der Waals surface area contributed by atoms with E-state index in [0.717, 1.165) is 35.8 Å². The van der Waals surface area contributed by atoms with Crippen LogP contribution in [0.2, 0.25) is 0 Å². The first-order chi connectivity index (χ1) is 12.7. The fourth-order valence-corrected chi connectivity index (χ4v) is 5.15. The third-order valence-electron chi connectivity index (χ3n) is 5.61. The zero-order valence-electron chi connectivity index (χ0n) is 17.1. The van der Waals surface area contributed by atoms with Crippen LogP contribution >= 0.6 is 35.3 Å². The van der Waals surface area contributed by atoms with Crippen LogP contribution in [0.5, 0.6) is 0 Å². The molecule has 7 heteroatoms. The van der Waals surface area contributed by atoms with Gasteiger partial charge in [0.05, 0.1) is 17.2 Å². The Kier molecular flexibility index (Phi) is 9.79. The number of piperidine rings is 1. The second-order valence-corrected chi connectivity index (χ2v) is 8.99. The van der Waals surface area contributed by atoms with Crippen molar-refractivity contribution in [1.82, 2.24) is 20.5 Å². The fraction of sp³-hybridized carbons (Fsp3) is 0.800. The zero-order chi connectivity index (χ0) is 18.4. The Morgan fingerprint density at radius 2 is 1.96 bits per heavy atom. The number of halogens is 1. The topological polar surface area (TPSA) is 52.6 Å². The van der Waals surface area contributed by atoms with Gasteiger partial charge in [-0.05, 0) is 53.0 Å². The van der Waals surface area contributed by atoms with Crippen LogP contribution in [-0.4, -0.2) is 47.6 Å². The molecule has 5 nitrogen and oxygen atoms in total. The van der Waals surface area contributed by atoms with Gasteiger partial charge in [-0.25, -0.2) is 9.98 Å². The molecule has 3 rings (SSSR count). The van der Waals surface area contributed by atoms with Crippen molar-refractivity contribution in [3.63, 3.8) is 0 Å². The standard InChI is InChI=1S/C20H35N5S.HI/c1-4-21-20(22-13-19-15(2)23-16(3)26-19)24-17-9-8-12-25(14-17)18-10-6-5-7-11-18;/h17-18H,4-14H2,1-3H3,(H2,21,22,24);1H. The number of nitrogens with one attached hydrogen (secondary N) is 2. The summed E-state index contributed by atoms with van der Waals surface area (Å²) in [5.74, 6) is 0.952. The summed E-state index contributed by atoms with van der Waals surface area (Å²) in [7, 11) is 0. The Morgan fingerprint density at radius 1 is 1.19 bits per heavy atom. The molecule has 1 unspecified atom stereocenters. The highest BCUT2D eigenvalue weighted by Gasteiger charge is 2.27. The number of guanidine groups is 1. The average molecular weight is 506 g/mol. The molecular weight excluding hydrogens is 469 g/mol. The predicted molar refractivity (Wildman–Crippen MR) is 126 cm³/mol. The first-order valence-corrected chi connectivity index (χ1v) is 11.2. The molecule has 2 fully saturated rings. The van der Waals surface area contributed by atoms with E-state index in [-0.39, 0.29) is 24.0 Å². The van der Waals surface area contributed by atoms with Crippen molar-refractivity contribution in [3.05, 3.63) is 15.6 Å². The Labute approximate surface area is 185 Å². The summed E-state index contributed by atoms with van der Waals surface area (Å²) < 4.78 is 0. The summed E-state index contributed by atoms with van der Waals surface area (Å²) in [4.78, 5) is 13.4. The van der Waals surface area contributed by atoms with E-state index in [2.05, 4.69) is 41.3 Å². The first kappa shape index (κ1) is 22.9. The molecule has 2 N–H and O–H groups in total. The minimum atomic E-state index is 0. The normalized spacial score (nSPS) is 22.3. The molecule has 1 saturated carbocycles. The monoisotopic (exact) mass is 505 g/mol. The van der Waals surface area contributed by atoms with E-state index in [9.17, 15) is 0 Å². The van der Waals surface area contributed by atoms with Gasteiger partial charge in [-0.1, -0.05) is 19.3 Å². The summed E-state index contributed by atoms with van der Waals surface area (Å²) >= 11 is 1.76. The van der Waals surface area contributed by atoms with Crippen LogP contribution in [0.15, 0.2) is 4.99 Å². The molecule has 1 aliphatic carbocycles. The van der Waals surface area contributed by atoms with Gasteiger partial charge in [0.25, 0.3) is 0 Å². The number of aromatic nitrogens is 1. The van der Waals surface area contributed by atoms with Crippen molar-refractivity contribution >= 4 is 41.3 Å². The molecule has 1 saturated heterocycles. The number of hydrogen-bond acceptors (Lipinski definition) is 4. The maximum absolute atomic E-state index is 4.84. The molecule has 1 atom stereocenters. The molecule has 1 aromatic rings. The average Bonchev–Trinajstić information content (AvgIpc) is 2.98. The number of rotatable bonds is 5. The first-order valence-electron chi connectivity index (χ1n) is 10.4. The van der Waals surface area contributed by atoms with Crippen molar-refractivity contribution in [2.75, 3.05) is 19.6 Å². The number of aryl methyl sites for hydroxylation is 2. The highest BCUT2D eigenvalue weighted by atomic mass is 127. The van der Waals surface area contributed by atoms with E-state index < -0.39 is 0 Å². The van der Waals surface area contributed by atoms with Crippen molar-refractivity contribution in [3.8, 4) is 0 Å². The quantitative estimate of drug-likeness (QED) is 0.357. The van der Waals surface area contributed by atoms with Gasteiger partial charge in [-0.3, -0.25) is 4.90 Å². The van der Waals surface area contributed by atoms with Gasteiger partial charge in [0, 0.05) is 30.1 Å². The fourth-order valence-electron chi connectivity index (χ4n) is 4.29. The van der Waals surface area contributed by atoms with E-state index in [1.807, 2.05) is 0 Å². The summed E-state index contributed by atoms with van der Waals surface area (Å²) in [6.45, 7) is 10.3. The van der Waals surface area contributed by atoms with Gasteiger partial charge in [0.15, 0.2) is 5.96 Å². The Morgan fingerprint density at radius 3 is 2.63 bits per heavy atom. The smallest absolute Gasteiger partial charge is 0.191 e. The lowest BCUT2D eigenvalue weighted by Gasteiger charge is -2.40. The Hall–Kier alpha value is -0.410. The molecule has 0 aromatic carbocycles. The molecule has 0 amide bonds. The molecule has 1 aromatic heterocycles. The summed E-state index contributed by atoms with van der Waals surface area (Å²) in [6, 6.07) is 1.32. The Bertz CT molecular complexity index is 597. The number of hydrogen-bond donors (Lipinski definition) is 2. The molecule has 2 heterocycles. The zero-order valence-corrected chi connectivity index (χ0v) is 20.2. The van der Waals surface area contributed by atoms with Crippen LogP contribution in [0.4, 0.5) is 0 Å². The van der Waals surface area contributed by atoms with Crippen molar-refractivity contribution < 1.29 is 0 Å². The second-order valence-electron chi connectivity index (χ2n) is 7.71. The molecular formula is C20H36IN5S. The highest BCUT2D eigenvalue weighted by Crippen LogP contribution is 2.25. The lowest BCUT2D eigenvalue weighted by Crippen LogP contribution is -2.53. The maximum Gasteiger partial charge on any atom is 0.191 e. The minimum absolute atomic E-state index is 0.